The molecule has 2 atom stereocenters. The smallest absolute Gasteiger partial charge is 0.245 e. The lowest BCUT2D eigenvalue weighted by Crippen LogP contribution is -2.36. The second kappa shape index (κ2) is 4.41. The van der Waals surface area contributed by atoms with Crippen molar-refractivity contribution in [2.75, 3.05) is 11.4 Å². The molecule has 0 unspecified atom stereocenters. The predicted octanol–water partition coefficient (Wildman–Crippen LogP) is 2.60. The molecule has 3 rings (SSSR count). The zero-order valence-electron chi connectivity index (χ0n) is 10.1. The number of halogens is 1. The summed E-state index contributed by atoms with van der Waals surface area (Å²) < 4.78 is 0. The highest BCUT2D eigenvalue weighted by atomic mass is 35.5. The molecule has 1 saturated carbocycles. The highest BCUT2D eigenvalue weighted by Gasteiger charge is 2.37. The molecule has 17 heavy (non-hydrogen) atoms. The number of fused-ring (bicyclic) bond motifs is 1. The number of hydrogen-bond donors (Lipinski definition) is 0. The van der Waals surface area contributed by atoms with Gasteiger partial charge < -0.3 is 4.90 Å². The monoisotopic (exact) mass is 252 g/mol. The Balaban J connectivity index is 1.86. The summed E-state index contributed by atoms with van der Waals surface area (Å²) >= 11 is 5.87. The Kier molecular flexibility index (Phi) is 2.90. The molecule has 1 aromatic heterocycles. The molecule has 92 valence electrons. The van der Waals surface area contributed by atoms with E-state index >= 15 is 0 Å². The average Bonchev–Trinajstić information content (AvgIpc) is 2.76. The topological polar surface area (TPSA) is 41.9 Å². The van der Waals surface area contributed by atoms with Gasteiger partial charge in [-0.05, 0) is 32.1 Å². The van der Waals surface area contributed by atoms with Crippen LogP contribution in [0.5, 0.6) is 0 Å². The Morgan fingerprint density at radius 1 is 1.18 bits per heavy atom. The first kappa shape index (κ1) is 11.2. The first-order chi connectivity index (χ1) is 8.25. The molecule has 2 aliphatic rings. The van der Waals surface area contributed by atoms with E-state index in [0.29, 0.717) is 11.2 Å². The van der Waals surface area contributed by atoms with E-state index in [1.807, 2.05) is 6.92 Å². The van der Waals surface area contributed by atoms with Crippen LogP contribution in [0.25, 0.3) is 0 Å². The van der Waals surface area contributed by atoms with Crippen LogP contribution in [-0.4, -0.2) is 27.8 Å². The third kappa shape index (κ3) is 1.99. The van der Waals surface area contributed by atoms with Gasteiger partial charge in [-0.15, -0.1) is 10.2 Å². The molecule has 0 bridgehead atoms. The van der Waals surface area contributed by atoms with Gasteiger partial charge >= 0.3 is 0 Å². The molecule has 1 saturated heterocycles. The van der Waals surface area contributed by atoms with Crippen molar-refractivity contribution in [2.24, 2.45) is 5.92 Å². The Bertz CT molecular complexity index is 423. The van der Waals surface area contributed by atoms with E-state index in [0.717, 1.165) is 24.1 Å². The van der Waals surface area contributed by atoms with Gasteiger partial charge in [-0.1, -0.05) is 24.4 Å². The van der Waals surface area contributed by atoms with Crippen molar-refractivity contribution in [1.29, 1.82) is 0 Å². The highest BCUT2D eigenvalue weighted by Crippen LogP contribution is 2.37. The summed E-state index contributed by atoms with van der Waals surface area (Å²) in [6, 6.07) is 0.631. The Labute approximate surface area is 106 Å². The van der Waals surface area contributed by atoms with Crippen LogP contribution in [0.3, 0.4) is 0 Å². The van der Waals surface area contributed by atoms with Gasteiger partial charge in [0.25, 0.3) is 0 Å². The van der Waals surface area contributed by atoms with Crippen LogP contribution in [0.2, 0.25) is 5.15 Å². The van der Waals surface area contributed by atoms with E-state index in [9.17, 15) is 0 Å². The molecule has 5 heteroatoms. The van der Waals surface area contributed by atoms with E-state index in [4.69, 9.17) is 11.6 Å². The lowest BCUT2D eigenvalue weighted by Gasteiger charge is -2.31. The van der Waals surface area contributed by atoms with Gasteiger partial charge in [0.15, 0.2) is 5.15 Å². The van der Waals surface area contributed by atoms with Gasteiger partial charge in [0, 0.05) is 12.6 Å². The minimum absolute atomic E-state index is 0.410. The normalized spacial score (nSPS) is 28.2. The maximum Gasteiger partial charge on any atom is 0.245 e. The van der Waals surface area contributed by atoms with E-state index in [1.165, 1.54) is 32.1 Å². The third-order valence-electron chi connectivity index (χ3n) is 4.06. The van der Waals surface area contributed by atoms with Gasteiger partial charge in [-0.3, -0.25) is 0 Å². The van der Waals surface area contributed by atoms with Gasteiger partial charge in [0.2, 0.25) is 5.95 Å². The lowest BCUT2D eigenvalue weighted by atomic mass is 9.85. The van der Waals surface area contributed by atoms with Crippen molar-refractivity contribution in [1.82, 2.24) is 15.2 Å². The SMILES string of the molecule is Cc1nc(N2CC[C@@H]3CCCC[C@@H]32)nnc1Cl. The number of aryl methyl sites for hydroxylation is 1. The second-order valence-electron chi connectivity index (χ2n) is 5.08. The first-order valence-electron chi connectivity index (χ1n) is 6.39. The van der Waals surface area contributed by atoms with Crippen molar-refractivity contribution < 1.29 is 0 Å². The number of hydrogen-bond acceptors (Lipinski definition) is 4. The lowest BCUT2D eigenvalue weighted by molar-refractivity contribution is 0.340. The Morgan fingerprint density at radius 2 is 2.00 bits per heavy atom. The van der Waals surface area contributed by atoms with Crippen molar-refractivity contribution >= 4 is 17.5 Å². The maximum atomic E-state index is 5.87. The first-order valence-corrected chi connectivity index (χ1v) is 6.77. The van der Waals surface area contributed by atoms with Gasteiger partial charge in [0.1, 0.15) is 0 Å². The molecule has 0 N–H and O–H groups in total. The molecule has 1 aromatic rings. The molecule has 4 nitrogen and oxygen atoms in total. The van der Waals surface area contributed by atoms with Crippen LogP contribution in [0.15, 0.2) is 0 Å². The Hall–Kier alpha value is -0.900. The third-order valence-corrected chi connectivity index (χ3v) is 4.41. The van der Waals surface area contributed by atoms with Crippen molar-refractivity contribution in [3.63, 3.8) is 0 Å². The molecule has 2 heterocycles. The number of aromatic nitrogens is 3. The molecular weight excluding hydrogens is 236 g/mol. The summed E-state index contributed by atoms with van der Waals surface area (Å²) in [7, 11) is 0. The largest absolute Gasteiger partial charge is 0.336 e. The van der Waals surface area contributed by atoms with Crippen LogP contribution in [0.4, 0.5) is 5.95 Å². The zero-order chi connectivity index (χ0) is 11.8. The maximum absolute atomic E-state index is 5.87. The summed E-state index contributed by atoms with van der Waals surface area (Å²) in [6.07, 6.45) is 6.62. The molecule has 0 spiro atoms. The number of nitrogens with zero attached hydrogens (tertiary/aromatic N) is 4. The minimum Gasteiger partial charge on any atom is -0.336 e. The summed E-state index contributed by atoms with van der Waals surface area (Å²) in [5.74, 6) is 1.60. The van der Waals surface area contributed by atoms with Crippen LogP contribution in [0.1, 0.15) is 37.8 Å². The predicted molar refractivity (Wildman–Crippen MR) is 67.3 cm³/mol. The van der Waals surface area contributed by atoms with E-state index < -0.39 is 0 Å². The van der Waals surface area contributed by atoms with Crippen LogP contribution < -0.4 is 4.90 Å². The number of anilines is 1. The van der Waals surface area contributed by atoms with Crippen molar-refractivity contribution in [3.8, 4) is 0 Å². The fourth-order valence-corrected chi connectivity index (χ4v) is 3.24. The van der Waals surface area contributed by atoms with Crippen molar-refractivity contribution in [2.45, 2.75) is 45.1 Å². The molecular formula is C12H17ClN4. The molecule has 0 amide bonds. The molecule has 0 radical (unpaired) electrons. The fourth-order valence-electron chi connectivity index (χ4n) is 3.16. The molecule has 2 fully saturated rings. The molecule has 0 aromatic carbocycles. The van der Waals surface area contributed by atoms with Gasteiger partial charge in [0.05, 0.1) is 5.69 Å². The van der Waals surface area contributed by atoms with Crippen LogP contribution in [-0.2, 0) is 0 Å². The number of rotatable bonds is 1. The van der Waals surface area contributed by atoms with E-state index in [2.05, 4.69) is 20.1 Å². The van der Waals surface area contributed by atoms with Gasteiger partial charge in [-0.25, -0.2) is 4.98 Å². The summed E-state index contributed by atoms with van der Waals surface area (Å²) in [5, 5.41) is 8.53. The highest BCUT2D eigenvalue weighted by molar-refractivity contribution is 6.29. The summed E-state index contributed by atoms with van der Waals surface area (Å²) in [4.78, 5) is 6.80. The molecule has 1 aliphatic carbocycles. The molecule has 1 aliphatic heterocycles. The standard InChI is InChI=1S/C12H17ClN4/c1-8-11(13)15-16-12(14-8)17-7-6-9-4-2-3-5-10(9)17/h9-10H,2-7H2,1H3/t9-,10-/m0/s1. The Morgan fingerprint density at radius 3 is 2.82 bits per heavy atom. The van der Waals surface area contributed by atoms with E-state index in [1.54, 1.807) is 0 Å². The van der Waals surface area contributed by atoms with Crippen LogP contribution in [0, 0.1) is 12.8 Å². The summed E-state index contributed by atoms with van der Waals surface area (Å²) in [6.45, 7) is 2.95. The van der Waals surface area contributed by atoms with Crippen molar-refractivity contribution in [3.05, 3.63) is 10.8 Å². The van der Waals surface area contributed by atoms with E-state index in [-0.39, 0.29) is 0 Å². The average molecular weight is 253 g/mol. The van der Waals surface area contributed by atoms with Crippen LogP contribution >= 0.6 is 11.6 Å². The second-order valence-corrected chi connectivity index (χ2v) is 5.44. The zero-order valence-corrected chi connectivity index (χ0v) is 10.8. The minimum atomic E-state index is 0.410. The fraction of sp³-hybridized carbons (Fsp3) is 0.750. The quantitative estimate of drug-likeness (QED) is 0.771. The summed E-state index contributed by atoms with van der Waals surface area (Å²) in [5.41, 5.74) is 0.774. The van der Waals surface area contributed by atoms with Gasteiger partial charge in [-0.2, -0.15) is 0 Å².